The number of hydrogen-bond acceptors (Lipinski definition) is 3. The minimum atomic E-state index is -1.27. The van der Waals surface area contributed by atoms with Crippen molar-refractivity contribution in [2.75, 3.05) is 11.9 Å². The van der Waals surface area contributed by atoms with Gasteiger partial charge in [0.15, 0.2) is 0 Å². The summed E-state index contributed by atoms with van der Waals surface area (Å²) in [4.78, 5) is 23.7. The van der Waals surface area contributed by atoms with Gasteiger partial charge in [0.05, 0.1) is 16.8 Å². The molecule has 1 heterocycles. The highest BCUT2D eigenvalue weighted by Gasteiger charge is 2.40. The SMILES string of the molecule is CCCC1(C(=O)Nc2ccc(F)cc2C(=O)O)CCCN1. The lowest BCUT2D eigenvalue weighted by atomic mass is 9.90. The van der Waals surface area contributed by atoms with Crippen molar-refractivity contribution in [2.45, 2.75) is 38.1 Å². The second kappa shape index (κ2) is 6.22. The Morgan fingerprint density at radius 3 is 2.81 bits per heavy atom. The number of halogens is 1. The number of amides is 1. The van der Waals surface area contributed by atoms with Gasteiger partial charge in [-0.25, -0.2) is 9.18 Å². The molecule has 3 N–H and O–H groups in total. The largest absolute Gasteiger partial charge is 0.478 e. The van der Waals surface area contributed by atoms with Gasteiger partial charge in [0, 0.05) is 0 Å². The molecule has 0 saturated carbocycles. The van der Waals surface area contributed by atoms with E-state index in [9.17, 15) is 14.0 Å². The molecule has 1 atom stereocenters. The molecule has 2 rings (SSSR count). The third-order valence-electron chi connectivity index (χ3n) is 3.82. The van der Waals surface area contributed by atoms with Gasteiger partial charge in [0.1, 0.15) is 5.82 Å². The number of aromatic carboxylic acids is 1. The molecule has 1 aromatic rings. The van der Waals surface area contributed by atoms with Crippen LogP contribution in [0.15, 0.2) is 18.2 Å². The molecule has 0 aliphatic carbocycles. The summed E-state index contributed by atoms with van der Waals surface area (Å²) in [5.74, 6) is -2.17. The number of carbonyl (C=O) groups excluding carboxylic acids is 1. The van der Waals surface area contributed by atoms with E-state index in [1.807, 2.05) is 6.92 Å². The smallest absolute Gasteiger partial charge is 0.337 e. The molecule has 0 radical (unpaired) electrons. The molecule has 114 valence electrons. The van der Waals surface area contributed by atoms with Crippen molar-refractivity contribution < 1.29 is 19.1 Å². The topological polar surface area (TPSA) is 78.4 Å². The molecule has 1 fully saturated rings. The molecule has 5 nitrogen and oxygen atoms in total. The van der Waals surface area contributed by atoms with Gasteiger partial charge in [0.2, 0.25) is 5.91 Å². The number of hydrogen-bond donors (Lipinski definition) is 3. The van der Waals surface area contributed by atoms with Gasteiger partial charge in [0.25, 0.3) is 0 Å². The van der Waals surface area contributed by atoms with E-state index in [2.05, 4.69) is 10.6 Å². The fourth-order valence-electron chi connectivity index (χ4n) is 2.80. The standard InChI is InChI=1S/C15H19FN2O3/c1-2-6-15(7-3-8-17-15)14(21)18-12-5-4-10(16)9-11(12)13(19)20/h4-5,9,17H,2-3,6-8H2,1H3,(H,18,21)(H,19,20). The Hall–Kier alpha value is -1.95. The van der Waals surface area contributed by atoms with Crippen LogP contribution in [0.4, 0.5) is 10.1 Å². The van der Waals surface area contributed by atoms with Crippen LogP contribution in [0.5, 0.6) is 0 Å². The highest BCUT2D eigenvalue weighted by Crippen LogP contribution is 2.27. The van der Waals surface area contributed by atoms with Crippen molar-refractivity contribution in [2.24, 2.45) is 0 Å². The third kappa shape index (κ3) is 3.21. The van der Waals surface area contributed by atoms with Gasteiger partial charge in [-0.15, -0.1) is 0 Å². The van der Waals surface area contributed by atoms with Crippen LogP contribution in [0.3, 0.4) is 0 Å². The maximum atomic E-state index is 13.2. The van der Waals surface area contributed by atoms with E-state index in [1.165, 1.54) is 6.07 Å². The molecule has 1 unspecified atom stereocenters. The van der Waals surface area contributed by atoms with E-state index >= 15 is 0 Å². The Morgan fingerprint density at radius 2 is 2.24 bits per heavy atom. The minimum Gasteiger partial charge on any atom is -0.478 e. The predicted octanol–water partition coefficient (Wildman–Crippen LogP) is 2.38. The van der Waals surface area contributed by atoms with Gasteiger partial charge < -0.3 is 15.7 Å². The Bertz CT molecular complexity index is 554. The molecule has 0 spiro atoms. The molecule has 21 heavy (non-hydrogen) atoms. The van der Waals surface area contributed by atoms with E-state index < -0.39 is 17.3 Å². The Morgan fingerprint density at radius 1 is 1.48 bits per heavy atom. The Kier molecular flexibility index (Phi) is 4.57. The maximum absolute atomic E-state index is 13.2. The molecule has 1 aliphatic rings. The zero-order valence-electron chi connectivity index (χ0n) is 11.9. The average molecular weight is 294 g/mol. The van der Waals surface area contributed by atoms with Crippen LogP contribution in [0.25, 0.3) is 0 Å². The van der Waals surface area contributed by atoms with Crippen molar-refractivity contribution in [3.8, 4) is 0 Å². The van der Waals surface area contributed by atoms with Crippen molar-refractivity contribution in [3.05, 3.63) is 29.6 Å². The lowest BCUT2D eigenvalue weighted by Crippen LogP contribution is -2.50. The van der Waals surface area contributed by atoms with Gasteiger partial charge >= 0.3 is 5.97 Å². The zero-order valence-corrected chi connectivity index (χ0v) is 11.9. The number of anilines is 1. The molecule has 1 amide bonds. The van der Waals surface area contributed by atoms with Crippen LogP contribution in [0.2, 0.25) is 0 Å². The van der Waals surface area contributed by atoms with E-state index in [1.54, 1.807) is 0 Å². The number of nitrogens with one attached hydrogen (secondary N) is 2. The van der Waals surface area contributed by atoms with E-state index in [4.69, 9.17) is 5.11 Å². The third-order valence-corrected chi connectivity index (χ3v) is 3.82. The first-order valence-electron chi connectivity index (χ1n) is 7.08. The van der Waals surface area contributed by atoms with Crippen molar-refractivity contribution in [1.82, 2.24) is 5.32 Å². The Balaban J connectivity index is 2.25. The summed E-state index contributed by atoms with van der Waals surface area (Å²) in [5, 5.41) is 15.0. The van der Waals surface area contributed by atoms with Crippen LogP contribution in [0, 0.1) is 5.82 Å². The van der Waals surface area contributed by atoms with Gasteiger partial charge in [-0.3, -0.25) is 4.79 Å². The first-order valence-corrected chi connectivity index (χ1v) is 7.08. The molecule has 1 saturated heterocycles. The van der Waals surface area contributed by atoms with Gasteiger partial charge in [-0.05, 0) is 44.0 Å². The normalized spacial score (nSPS) is 21.2. The first kappa shape index (κ1) is 15.4. The lowest BCUT2D eigenvalue weighted by molar-refractivity contribution is -0.122. The van der Waals surface area contributed by atoms with Crippen molar-refractivity contribution in [3.63, 3.8) is 0 Å². The summed E-state index contributed by atoms with van der Waals surface area (Å²) >= 11 is 0. The van der Waals surface area contributed by atoms with Crippen LogP contribution in [-0.2, 0) is 4.79 Å². The fraction of sp³-hybridized carbons (Fsp3) is 0.467. The van der Waals surface area contributed by atoms with Crippen molar-refractivity contribution in [1.29, 1.82) is 0 Å². The highest BCUT2D eigenvalue weighted by molar-refractivity contribution is 6.03. The molecule has 1 aromatic carbocycles. The summed E-state index contributed by atoms with van der Waals surface area (Å²) in [7, 11) is 0. The number of carboxylic acids is 1. The summed E-state index contributed by atoms with van der Waals surface area (Å²) < 4.78 is 13.2. The molecular weight excluding hydrogens is 275 g/mol. The molecule has 0 aromatic heterocycles. The number of rotatable bonds is 5. The summed E-state index contributed by atoms with van der Waals surface area (Å²) in [6, 6.07) is 3.33. The summed E-state index contributed by atoms with van der Waals surface area (Å²) in [5.41, 5.74) is -0.773. The van der Waals surface area contributed by atoms with Crippen LogP contribution < -0.4 is 10.6 Å². The predicted molar refractivity (Wildman–Crippen MR) is 76.9 cm³/mol. The van der Waals surface area contributed by atoms with Gasteiger partial charge in [-0.2, -0.15) is 0 Å². The van der Waals surface area contributed by atoms with E-state index in [-0.39, 0.29) is 17.2 Å². The molecule has 6 heteroatoms. The molecular formula is C15H19FN2O3. The second-order valence-corrected chi connectivity index (χ2v) is 5.31. The maximum Gasteiger partial charge on any atom is 0.337 e. The van der Waals surface area contributed by atoms with E-state index in [0.717, 1.165) is 37.9 Å². The number of carbonyl (C=O) groups is 2. The Labute approximate surface area is 122 Å². The summed E-state index contributed by atoms with van der Waals surface area (Å²) in [6.07, 6.45) is 3.15. The molecule has 1 aliphatic heterocycles. The summed E-state index contributed by atoms with van der Waals surface area (Å²) in [6.45, 7) is 2.76. The highest BCUT2D eigenvalue weighted by atomic mass is 19.1. The number of carboxylic acid groups (broad SMARTS) is 1. The lowest BCUT2D eigenvalue weighted by Gasteiger charge is -2.28. The number of benzene rings is 1. The van der Waals surface area contributed by atoms with Crippen molar-refractivity contribution >= 4 is 17.6 Å². The van der Waals surface area contributed by atoms with Crippen LogP contribution in [0.1, 0.15) is 43.0 Å². The monoisotopic (exact) mass is 294 g/mol. The molecule has 0 bridgehead atoms. The fourth-order valence-corrected chi connectivity index (χ4v) is 2.80. The quantitative estimate of drug-likeness (QED) is 0.779. The van der Waals surface area contributed by atoms with Crippen LogP contribution in [-0.4, -0.2) is 29.1 Å². The van der Waals surface area contributed by atoms with E-state index in [0.29, 0.717) is 6.42 Å². The minimum absolute atomic E-state index is 0.123. The second-order valence-electron chi connectivity index (χ2n) is 5.31. The average Bonchev–Trinajstić information content (AvgIpc) is 2.91. The van der Waals surface area contributed by atoms with Gasteiger partial charge in [-0.1, -0.05) is 13.3 Å². The first-order chi connectivity index (χ1) is 9.98. The van der Waals surface area contributed by atoms with Crippen LogP contribution >= 0.6 is 0 Å². The zero-order chi connectivity index (χ0) is 15.5.